The second kappa shape index (κ2) is 8.08. The zero-order valence-electron chi connectivity index (χ0n) is 8.46. The van der Waals surface area contributed by atoms with Crippen LogP contribution >= 0.6 is 0 Å². The Bertz CT molecular complexity index is 257. The van der Waals surface area contributed by atoms with Gasteiger partial charge in [-0.05, 0) is 0 Å². The van der Waals surface area contributed by atoms with Gasteiger partial charge in [-0.15, -0.1) is 5.73 Å². The summed E-state index contributed by atoms with van der Waals surface area (Å²) in [6.45, 7) is 0. The standard InChI is InChI=1S/C9H11O3.ClH.Zn/c1-10-7-5-4-6-8(11-2)9(7)12-3;;/h5-6H,1-3H3;1H;/p-1. The van der Waals surface area contributed by atoms with E-state index in [4.69, 9.17) is 14.2 Å². The molecule has 0 unspecified atom stereocenters. The van der Waals surface area contributed by atoms with Crippen LogP contribution in [0.25, 0.3) is 0 Å². The van der Waals surface area contributed by atoms with Crippen LogP contribution in [0.5, 0.6) is 0 Å². The van der Waals surface area contributed by atoms with Gasteiger partial charge in [0, 0.05) is 38.7 Å². The Morgan fingerprint density at radius 3 is 2.07 bits per heavy atom. The predicted molar refractivity (Wildman–Crippen MR) is 43.9 cm³/mol. The van der Waals surface area contributed by atoms with Crippen LogP contribution in [0.1, 0.15) is 0 Å². The van der Waals surface area contributed by atoms with E-state index in [1.54, 1.807) is 33.5 Å². The average Bonchev–Trinajstić information content (AvgIpc) is 2.16. The molecule has 1 aliphatic rings. The van der Waals surface area contributed by atoms with Gasteiger partial charge in [0.1, 0.15) is 0 Å². The second-order valence-electron chi connectivity index (χ2n) is 2.13. The van der Waals surface area contributed by atoms with Crippen LogP contribution in [0.4, 0.5) is 0 Å². The fraction of sp³-hybridized carbons (Fsp3) is 0.333. The van der Waals surface area contributed by atoms with Gasteiger partial charge in [0.25, 0.3) is 0 Å². The average molecular weight is 268 g/mol. The van der Waals surface area contributed by atoms with E-state index < -0.39 is 0 Å². The molecule has 1 rings (SSSR count). The molecule has 0 bridgehead atoms. The quantitative estimate of drug-likeness (QED) is 0.455. The van der Waals surface area contributed by atoms with Crippen LogP contribution in [-0.4, -0.2) is 21.3 Å². The van der Waals surface area contributed by atoms with Crippen molar-refractivity contribution in [2.24, 2.45) is 0 Å². The molecular weight excluding hydrogens is 257 g/mol. The van der Waals surface area contributed by atoms with Gasteiger partial charge < -0.3 is 26.6 Å². The summed E-state index contributed by atoms with van der Waals surface area (Å²) in [6.07, 6.45) is 4.01. The van der Waals surface area contributed by atoms with Crippen LogP contribution in [0.15, 0.2) is 29.4 Å². The zero-order chi connectivity index (χ0) is 8.97. The van der Waals surface area contributed by atoms with Gasteiger partial charge in [0.15, 0.2) is 17.6 Å². The third-order valence-electron chi connectivity index (χ3n) is 1.52. The van der Waals surface area contributed by atoms with Crippen molar-refractivity contribution >= 4 is 0 Å². The fourth-order valence-electron chi connectivity index (χ4n) is 0.950. The Balaban J connectivity index is 0. The molecule has 3 nitrogen and oxygen atoms in total. The van der Waals surface area contributed by atoms with E-state index in [-0.39, 0.29) is 31.9 Å². The molecule has 0 saturated carbocycles. The number of allylic oxidation sites excluding steroid dienone is 1. The maximum atomic E-state index is 5.09. The minimum Gasteiger partial charge on any atom is -1.00 e. The number of hydrogen-bond acceptors (Lipinski definition) is 3. The Morgan fingerprint density at radius 1 is 1.00 bits per heavy atom. The van der Waals surface area contributed by atoms with Crippen molar-refractivity contribution < 1.29 is 46.1 Å². The van der Waals surface area contributed by atoms with Crippen LogP contribution in [0.2, 0.25) is 0 Å². The van der Waals surface area contributed by atoms with Crippen molar-refractivity contribution in [3.05, 3.63) is 35.5 Å². The summed E-state index contributed by atoms with van der Waals surface area (Å²) < 4.78 is 15.2. The van der Waals surface area contributed by atoms with Crippen molar-refractivity contribution in [3.63, 3.8) is 0 Å². The molecule has 1 radical (unpaired) electrons. The summed E-state index contributed by atoms with van der Waals surface area (Å²) in [5.74, 6) is 1.22. The van der Waals surface area contributed by atoms with Gasteiger partial charge in [-0.2, -0.15) is 0 Å². The summed E-state index contributed by atoms with van der Waals surface area (Å²) in [5.41, 5.74) is 2.88. The van der Waals surface area contributed by atoms with E-state index in [0.29, 0.717) is 17.6 Å². The van der Waals surface area contributed by atoms with Crippen LogP contribution in [0.3, 0.4) is 0 Å². The molecule has 0 N–H and O–H groups in total. The summed E-state index contributed by atoms with van der Waals surface area (Å²) in [6, 6.07) is 0. The summed E-state index contributed by atoms with van der Waals surface area (Å²) in [4.78, 5) is 0. The van der Waals surface area contributed by atoms with Gasteiger partial charge >= 0.3 is 0 Å². The first kappa shape index (κ1) is 16.2. The van der Waals surface area contributed by atoms with Crippen LogP contribution < -0.4 is 12.4 Å². The van der Waals surface area contributed by atoms with Crippen LogP contribution in [-0.2, 0) is 33.7 Å². The van der Waals surface area contributed by atoms with E-state index in [0.717, 1.165) is 0 Å². The first-order valence-electron chi connectivity index (χ1n) is 3.49. The normalized spacial score (nSPS) is 14.5. The van der Waals surface area contributed by atoms with Crippen LogP contribution in [0, 0.1) is 6.10 Å². The van der Waals surface area contributed by atoms with Gasteiger partial charge in [0.2, 0.25) is 0 Å². The molecule has 1 aliphatic carbocycles. The minimum atomic E-state index is 0. The first-order chi connectivity index (χ1) is 5.83. The van der Waals surface area contributed by atoms with Crippen molar-refractivity contribution in [1.29, 1.82) is 0 Å². The summed E-state index contributed by atoms with van der Waals surface area (Å²) in [5, 5.41) is 0. The van der Waals surface area contributed by atoms with Gasteiger partial charge in [-0.3, -0.25) is 0 Å². The largest absolute Gasteiger partial charge is 1.00 e. The second-order valence-corrected chi connectivity index (χ2v) is 2.13. The molecule has 14 heavy (non-hydrogen) atoms. The number of methoxy groups -OCH3 is 3. The van der Waals surface area contributed by atoms with Crippen molar-refractivity contribution in [2.45, 2.75) is 0 Å². The topological polar surface area (TPSA) is 27.7 Å². The molecule has 0 aromatic rings. The van der Waals surface area contributed by atoms with E-state index >= 15 is 0 Å². The maximum Gasteiger partial charge on any atom is 0.194 e. The molecule has 0 amide bonds. The fourth-order valence-corrected chi connectivity index (χ4v) is 0.950. The Kier molecular flexibility index (Phi) is 9.33. The maximum absolute atomic E-state index is 5.09. The monoisotopic (exact) mass is 266 g/mol. The number of ether oxygens (including phenoxy) is 3. The first-order valence-corrected chi connectivity index (χ1v) is 3.49. The van der Waals surface area contributed by atoms with Gasteiger partial charge in [-0.25, -0.2) is 0 Å². The SMILES string of the molecule is CO[C]1C=C=CC(OC)=C1OC.[Cl-].[Zn]. The molecule has 75 valence electrons. The molecule has 0 fully saturated rings. The molecule has 0 saturated heterocycles. The van der Waals surface area contributed by atoms with Crippen molar-refractivity contribution in [1.82, 2.24) is 0 Å². The Hall–Kier alpha value is -0.267. The van der Waals surface area contributed by atoms with E-state index in [2.05, 4.69) is 5.73 Å². The minimum absolute atomic E-state index is 0. The van der Waals surface area contributed by atoms with E-state index in [1.165, 1.54) is 0 Å². The summed E-state index contributed by atoms with van der Waals surface area (Å²) >= 11 is 0. The number of halogens is 1. The molecule has 0 aliphatic heterocycles. The van der Waals surface area contributed by atoms with Gasteiger partial charge in [-0.1, -0.05) is 0 Å². The smallest absolute Gasteiger partial charge is 0.194 e. The number of hydrogen-bond donors (Lipinski definition) is 0. The molecule has 0 atom stereocenters. The Labute approximate surface area is 103 Å². The molecule has 0 aromatic carbocycles. The molecule has 0 spiro atoms. The summed E-state index contributed by atoms with van der Waals surface area (Å²) in [7, 11) is 4.72. The molecule has 0 aromatic heterocycles. The molecule has 5 heteroatoms. The van der Waals surface area contributed by atoms with Gasteiger partial charge in [0.05, 0.1) is 14.2 Å². The predicted octanol–water partition coefficient (Wildman–Crippen LogP) is -1.60. The zero-order valence-corrected chi connectivity index (χ0v) is 12.2. The van der Waals surface area contributed by atoms with Crippen molar-refractivity contribution in [3.8, 4) is 0 Å². The molecular formula is C9H11ClO3Zn-. The Morgan fingerprint density at radius 2 is 1.64 bits per heavy atom. The van der Waals surface area contributed by atoms with E-state index in [9.17, 15) is 0 Å². The molecule has 0 heterocycles. The van der Waals surface area contributed by atoms with Crippen molar-refractivity contribution in [2.75, 3.05) is 21.3 Å². The third kappa shape index (κ3) is 3.47. The van der Waals surface area contributed by atoms with E-state index in [1.807, 2.05) is 0 Å². The number of rotatable bonds is 3. The third-order valence-corrected chi connectivity index (χ3v) is 1.52.